The molecule has 0 aromatic carbocycles. The van der Waals surface area contributed by atoms with Crippen LogP contribution in [0, 0.1) is 0 Å². The Morgan fingerprint density at radius 3 is 2.79 bits per heavy atom. The first-order chi connectivity index (χ1) is 6.43. The highest BCUT2D eigenvalue weighted by atomic mass is 32.2. The Kier molecular flexibility index (Phi) is 3.25. The highest BCUT2D eigenvalue weighted by Crippen LogP contribution is 2.03. The molecule has 0 radical (unpaired) electrons. The van der Waals surface area contributed by atoms with Crippen LogP contribution in [0.1, 0.15) is 6.92 Å². The maximum Gasteiger partial charge on any atom is 0.257 e. The zero-order valence-corrected chi connectivity index (χ0v) is 8.86. The van der Waals surface area contributed by atoms with Gasteiger partial charge in [0.15, 0.2) is 5.03 Å². The maximum atomic E-state index is 10.9. The second kappa shape index (κ2) is 4.07. The monoisotopic (exact) mass is 219 g/mol. The molecule has 6 nitrogen and oxygen atoms in total. The molecule has 0 unspecified atom stereocenters. The lowest BCUT2D eigenvalue weighted by molar-refractivity contribution is 0.0995. The van der Waals surface area contributed by atoms with Crippen molar-refractivity contribution in [2.24, 2.45) is 5.14 Å². The van der Waals surface area contributed by atoms with Crippen LogP contribution in [0.4, 0.5) is 0 Å². The van der Waals surface area contributed by atoms with E-state index in [1.54, 1.807) is 13.3 Å². The van der Waals surface area contributed by atoms with E-state index in [1.807, 2.05) is 6.92 Å². The Bertz CT molecular complexity index is 398. The summed E-state index contributed by atoms with van der Waals surface area (Å²) in [5.41, 5.74) is 0. The molecule has 1 aromatic heterocycles. The van der Waals surface area contributed by atoms with Crippen molar-refractivity contribution in [2.45, 2.75) is 24.6 Å². The standard InChI is InChI=1S/C7H13N3O3S/c1-6(13-2)5-10-4-3-7(9-10)14(8,11)12/h3-4,6H,5H2,1-2H3,(H2,8,11,12)/t6-/m0/s1. The molecule has 1 aromatic rings. The predicted octanol–water partition coefficient (Wildman–Crippen LogP) is -0.435. The Hall–Kier alpha value is -0.920. The van der Waals surface area contributed by atoms with Gasteiger partial charge in [-0.3, -0.25) is 4.68 Å². The van der Waals surface area contributed by atoms with E-state index < -0.39 is 10.0 Å². The number of ether oxygens (including phenoxy) is 1. The molecule has 0 aliphatic rings. The Morgan fingerprint density at radius 1 is 1.71 bits per heavy atom. The van der Waals surface area contributed by atoms with Gasteiger partial charge in [0, 0.05) is 13.3 Å². The lowest BCUT2D eigenvalue weighted by Gasteiger charge is -2.08. The Morgan fingerprint density at radius 2 is 2.36 bits per heavy atom. The van der Waals surface area contributed by atoms with Crippen molar-refractivity contribution in [3.63, 3.8) is 0 Å². The molecule has 1 atom stereocenters. The second-order valence-electron chi connectivity index (χ2n) is 2.97. The number of aromatic nitrogens is 2. The second-order valence-corrected chi connectivity index (χ2v) is 4.48. The molecule has 14 heavy (non-hydrogen) atoms. The number of primary sulfonamides is 1. The van der Waals surface area contributed by atoms with Gasteiger partial charge in [0.25, 0.3) is 10.0 Å². The minimum Gasteiger partial charge on any atom is -0.380 e. The summed E-state index contributed by atoms with van der Waals surface area (Å²) in [7, 11) is -2.12. The van der Waals surface area contributed by atoms with Crippen molar-refractivity contribution < 1.29 is 13.2 Å². The SMILES string of the molecule is CO[C@@H](C)Cn1ccc(S(N)(=O)=O)n1. The highest BCUT2D eigenvalue weighted by molar-refractivity contribution is 7.89. The zero-order chi connectivity index (χ0) is 10.8. The van der Waals surface area contributed by atoms with Crippen LogP contribution in [0.25, 0.3) is 0 Å². The third-order valence-electron chi connectivity index (χ3n) is 1.75. The average molecular weight is 219 g/mol. The van der Waals surface area contributed by atoms with Crippen LogP contribution in [0.2, 0.25) is 0 Å². The van der Waals surface area contributed by atoms with Gasteiger partial charge in [0.2, 0.25) is 0 Å². The number of hydrogen-bond donors (Lipinski definition) is 1. The molecule has 0 amide bonds. The number of rotatable bonds is 4. The molecule has 0 aliphatic heterocycles. The molecule has 7 heteroatoms. The third kappa shape index (κ3) is 2.79. The number of nitrogens with zero attached hydrogens (tertiary/aromatic N) is 2. The fourth-order valence-electron chi connectivity index (χ4n) is 0.934. The summed E-state index contributed by atoms with van der Waals surface area (Å²) < 4.78 is 28.2. The quantitative estimate of drug-likeness (QED) is 0.744. The van der Waals surface area contributed by atoms with Crippen LogP contribution in [-0.4, -0.2) is 31.4 Å². The van der Waals surface area contributed by atoms with E-state index in [-0.39, 0.29) is 11.1 Å². The largest absolute Gasteiger partial charge is 0.380 e. The molecule has 0 saturated carbocycles. The normalized spacial score (nSPS) is 14.2. The van der Waals surface area contributed by atoms with Crippen molar-refractivity contribution in [1.29, 1.82) is 0 Å². The number of sulfonamides is 1. The molecular weight excluding hydrogens is 206 g/mol. The molecule has 0 saturated heterocycles. The Labute approximate surface area is 82.7 Å². The molecule has 2 N–H and O–H groups in total. The van der Waals surface area contributed by atoms with E-state index in [0.717, 1.165) is 0 Å². The first-order valence-electron chi connectivity index (χ1n) is 4.02. The topological polar surface area (TPSA) is 87.2 Å². The van der Waals surface area contributed by atoms with Crippen molar-refractivity contribution in [3.8, 4) is 0 Å². The van der Waals surface area contributed by atoms with E-state index in [2.05, 4.69) is 5.10 Å². The summed E-state index contributed by atoms with van der Waals surface area (Å²) in [4.78, 5) is 0. The minimum atomic E-state index is -3.70. The molecule has 0 fully saturated rings. The lowest BCUT2D eigenvalue weighted by atomic mass is 10.4. The predicted molar refractivity (Wildman–Crippen MR) is 50.1 cm³/mol. The fraction of sp³-hybridized carbons (Fsp3) is 0.571. The summed E-state index contributed by atoms with van der Waals surface area (Å²) in [6, 6.07) is 1.36. The van der Waals surface area contributed by atoms with Crippen LogP contribution >= 0.6 is 0 Å². The number of hydrogen-bond acceptors (Lipinski definition) is 4. The molecular formula is C7H13N3O3S. The van der Waals surface area contributed by atoms with Crippen LogP contribution < -0.4 is 5.14 Å². The van der Waals surface area contributed by atoms with Crippen LogP contribution in [0.5, 0.6) is 0 Å². The molecule has 80 valence electrons. The summed E-state index contributed by atoms with van der Waals surface area (Å²) in [6.45, 7) is 2.35. The minimum absolute atomic E-state index is 0.0248. The van der Waals surface area contributed by atoms with E-state index >= 15 is 0 Å². The van der Waals surface area contributed by atoms with Crippen LogP contribution in [0.15, 0.2) is 17.3 Å². The van der Waals surface area contributed by atoms with E-state index in [9.17, 15) is 8.42 Å². The van der Waals surface area contributed by atoms with Gasteiger partial charge < -0.3 is 4.74 Å². The van der Waals surface area contributed by atoms with E-state index in [0.29, 0.717) is 6.54 Å². The third-order valence-corrected chi connectivity index (χ3v) is 2.55. The van der Waals surface area contributed by atoms with Crippen molar-refractivity contribution >= 4 is 10.0 Å². The van der Waals surface area contributed by atoms with E-state index in [4.69, 9.17) is 9.88 Å². The Balaban J connectivity index is 2.79. The van der Waals surface area contributed by atoms with Gasteiger partial charge in [-0.05, 0) is 13.0 Å². The molecule has 1 rings (SSSR count). The number of methoxy groups -OCH3 is 1. The average Bonchev–Trinajstić information content (AvgIpc) is 2.51. The summed E-state index contributed by atoms with van der Waals surface area (Å²) >= 11 is 0. The van der Waals surface area contributed by atoms with Gasteiger partial charge >= 0.3 is 0 Å². The number of nitrogens with two attached hydrogens (primary N) is 1. The lowest BCUT2D eigenvalue weighted by Crippen LogP contribution is -2.17. The van der Waals surface area contributed by atoms with Gasteiger partial charge in [-0.15, -0.1) is 0 Å². The van der Waals surface area contributed by atoms with Crippen molar-refractivity contribution in [2.75, 3.05) is 7.11 Å². The highest BCUT2D eigenvalue weighted by Gasteiger charge is 2.12. The summed E-state index contributed by atoms with van der Waals surface area (Å²) in [5.74, 6) is 0. The maximum absolute atomic E-state index is 10.9. The van der Waals surface area contributed by atoms with Crippen LogP contribution in [-0.2, 0) is 21.3 Å². The van der Waals surface area contributed by atoms with Gasteiger partial charge in [-0.2, -0.15) is 5.10 Å². The molecule has 0 spiro atoms. The molecule has 0 bridgehead atoms. The van der Waals surface area contributed by atoms with E-state index in [1.165, 1.54) is 10.7 Å². The fourth-order valence-corrected chi connectivity index (χ4v) is 1.40. The first-order valence-corrected chi connectivity index (χ1v) is 5.57. The first kappa shape index (κ1) is 11.2. The molecule has 1 heterocycles. The van der Waals surface area contributed by atoms with Crippen molar-refractivity contribution in [1.82, 2.24) is 9.78 Å². The van der Waals surface area contributed by atoms with Gasteiger partial charge in [-0.1, -0.05) is 0 Å². The van der Waals surface area contributed by atoms with Crippen LogP contribution in [0.3, 0.4) is 0 Å². The smallest absolute Gasteiger partial charge is 0.257 e. The summed E-state index contributed by atoms with van der Waals surface area (Å²) in [6.07, 6.45) is 1.53. The summed E-state index contributed by atoms with van der Waals surface area (Å²) in [5, 5.41) is 8.57. The zero-order valence-electron chi connectivity index (χ0n) is 8.04. The van der Waals surface area contributed by atoms with Gasteiger partial charge in [0.05, 0.1) is 12.6 Å². The molecule has 0 aliphatic carbocycles. The van der Waals surface area contributed by atoms with Gasteiger partial charge in [-0.25, -0.2) is 13.6 Å². The van der Waals surface area contributed by atoms with Crippen molar-refractivity contribution in [3.05, 3.63) is 12.3 Å². The van der Waals surface area contributed by atoms with Gasteiger partial charge in [0.1, 0.15) is 0 Å².